The van der Waals surface area contributed by atoms with Gasteiger partial charge >= 0.3 is 5.97 Å². The minimum Gasteiger partial charge on any atom is -0.462 e. The van der Waals surface area contributed by atoms with Crippen LogP contribution in [0.1, 0.15) is 33.5 Å². The third kappa shape index (κ3) is 5.63. The van der Waals surface area contributed by atoms with Crippen LogP contribution < -0.4 is 10.6 Å². The first-order valence-corrected chi connectivity index (χ1v) is 10.9. The third-order valence-electron chi connectivity index (χ3n) is 4.94. The molecular formula is C27H24N4O3. The van der Waals surface area contributed by atoms with Gasteiger partial charge in [-0.25, -0.2) is 14.8 Å². The van der Waals surface area contributed by atoms with Crippen LogP contribution in [0.4, 0.5) is 17.2 Å². The van der Waals surface area contributed by atoms with Crippen LogP contribution in [0.2, 0.25) is 0 Å². The van der Waals surface area contributed by atoms with Crippen LogP contribution in [0.25, 0.3) is 11.3 Å². The van der Waals surface area contributed by atoms with Gasteiger partial charge in [-0.3, -0.25) is 4.79 Å². The monoisotopic (exact) mass is 452 g/mol. The van der Waals surface area contributed by atoms with Gasteiger partial charge in [0.15, 0.2) is 0 Å². The quantitative estimate of drug-likeness (QED) is 0.353. The second kappa shape index (κ2) is 10.4. The first-order chi connectivity index (χ1) is 16.5. The van der Waals surface area contributed by atoms with Crippen LogP contribution in [0.5, 0.6) is 0 Å². The summed E-state index contributed by atoms with van der Waals surface area (Å²) in [7, 11) is 0. The van der Waals surface area contributed by atoms with Gasteiger partial charge in [0.1, 0.15) is 11.6 Å². The summed E-state index contributed by atoms with van der Waals surface area (Å²) in [6.07, 6.45) is 0. The van der Waals surface area contributed by atoms with Gasteiger partial charge in [0.05, 0.1) is 17.9 Å². The normalized spacial score (nSPS) is 10.4. The maximum Gasteiger partial charge on any atom is 0.338 e. The molecule has 0 fully saturated rings. The molecule has 4 rings (SSSR count). The van der Waals surface area contributed by atoms with Crippen LogP contribution in [0.3, 0.4) is 0 Å². The topological polar surface area (TPSA) is 93.2 Å². The van der Waals surface area contributed by atoms with Crippen molar-refractivity contribution >= 4 is 29.1 Å². The second-order valence-electron chi connectivity index (χ2n) is 7.51. The molecule has 1 aromatic heterocycles. The Kier molecular flexibility index (Phi) is 6.93. The highest BCUT2D eigenvalue weighted by Gasteiger charge is 2.11. The summed E-state index contributed by atoms with van der Waals surface area (Å²) in [5, 5.41) is 6.09. The number of carbonyl (C=O) groups is 2. The number of aryl methyl sites for hydroxylation is 1. The number of hydrogen-bond acceptors (Lipinski definition) is 6. The third-order valence-corrected chi connectivity index (χ3v) is 4.94. The molecule has 4 aromatic rings. The van der Waals surface area contributed by atoms with E-state index >= 15 is 0 Å². The van der Waals surface area contributed by atoms with Crippen LogP contribution in [-0.2, 0) is 4.74 Å². The van der Waals surface area contributed by atoms with Crippen LogP contribution in [0, 0.1) is 6.92 Å². The molecule has 0 bridgehead atoms. The first-order valence-electron chi connectivity index (χ1n) is 10.9. The number of amides is 1. The minimum atomic E-state index is -0.431. The van der Waals surface area contributed by atoms with Crippen molar-refractivity contribution in [1.82, 2.24) is 9.97 Å². The highest BCUT2D eigenvalue weighted by atomic mass is 16.5. The zero-order chi connectivity index (χ0) is 23.9. The number of hydrogen-bond donors (Lipinski definition) is 2. The zero-order valence-electron chi connectivity index (χ0n) is 18.9. The predicted molar refractivity (Wildman–Crippen MR) is 132 cm³/mol. The van der Waals surface area contributed by atoms with Crippen LogP contribution in [-0.4, -0.2) is 28.5 Å². The van der Waals surface area contributed by atoms with Gasteiger partial charge in [0.2, 0.25) is 0 Å². The van der Waals surface area contributed by atoms with E-state index in [1.165, 1.54) is 0 Å². The fourth-order valence-electron chi connectivity index (χ4n) is 3.42. The molecule has 1 heterocycles. The van der Waals surface area contributed by atoms with Gasteiger partial charge in [0.25, 0.3) is 5.91 Å². The Morgan fingerprint density at radius 3 is 2.29 bits per heavy atom. The molecule has 1 amide bonds. The minimum absolute atomic E-state index is 0.286. The second-order valence-corrected chi connectivity index (χ2v) is 7.51. The standard InChI is InChI=1S/C27H24N4O3/c1-3-34-27(33)21-12-8-14-23(16-21)31-26(32)20-11-7-13-22(15-20)30-25-17-24(28-18(2)29-25)19-9-5-4-6-10-19/h4-17H,3H2,1-2H3,(H,31,32)(H,28,29,30). The lowest BCUT2D eigenvalue weighted by Crippen LogP contribution is -2.13. The molecule has 34 heavy (non-hydrogen) atoms. The number of benzene rings is 3. The lowest BCUT2D eigenvalue weighted by molar-refractivity contribution is 0.0526. The Balaban J connectivity index is 1.51. The molecule has 0 spiro atoms. The van der Waals surface area contributed by atoms with Gasteiger partial charge < -0.3 is 15.4 Å². The van der Waals surface area contributed by atoms with Crippen molar-refractivity contribution in [2.24, 2.45) is 0 Å². The van der Waals surface area contributed by atoms with Crippen molar-refractivity contribution in [2.45, 2.75) is 13.8 Å². The first kappa shape index (κ1) is 22.7. The maximum atomic E-state index is 12.8. The molecule has 170 valence electrons. The van der Waals surface area contributed by atoms with E-state index in [0.29, 0.717) is 34.1 Å². The molecule has 7 heteroatoms. The summed E-state index contributed by atoms with van der Waals surface area (Å²) in [6, 6.07) is 25.5. The van der Waals surface area contributed by atoms with Crippen LogP contribution >= 0.6 is 0 Å². The highest BCUT2D eigenvalue weighted by Crippen LogP contribution is 2.23. The highest BCUT2D eigenvalue weighted by molar-refractivity contribution is 6.05. The smallest absolute Gasteiger partial charge is 0.338 e. The Labute approximate surface area is 197 Å². The van der Waals surface area contributed by atoms with E-state index in [-0.39, 0.29) is 12.5 Å². The zero-order valence-corrected chi connectivity index (χ0v) is 18.9. The molecule has 3 aromatic carbocycles. The number of ether oxygens (including phenoxy) is 1. The maximum absolute atomic E-state index is 12.8. The largest absolute Gasteiger partial charge is 0.462 e. The van der Waals surface area contributed by atoms with Crippen molar-refractivity contribution in [2.75, 3.05) is 17.2 Å². The molecule has 0 aliphatic carbocycles. The SMILES string of the molecule is CCOC(=O)c1cccc(NC(=O)c2cccc(Nc3cc(-c4ccccc4)nc(C)n3)c2)c1. The van der Waals surface area contributed by atoms with E-state index in [1.807, 2.05) is 49.4 Å². The van der Waals surface area contributed by atoms with E-state index in [1.54, 1.807) is 49.4 Å². The lowest BCUT2D eigenvalue weighted by Gasteiger charge is -2.11. The fraction of sp³-hybridized carbons (Fsp3) is 0.111. The average molecular weight is 453 g/mol. The van der Waals surface area contributed by atoms with Crippen molar-refractivity contribution in [3.63, 3.8) is 0 Å². The molecule has 7 nitrogen and oxygen atoms in total. The molecule has 0 aliphatic heterocycles. The van der Waals surface area contributed by atoms with E-state index in [9.17, 15) is 9.59 Å². The number of carbonyl (C=O) groups excluding carboxylic acids is 2. The number of rotatable bonds is 7. The molecule has 0 radical (unpaired) electrons. The Hall–Kier alpha value is -4.52. The Morgan fingerprint density at radius 2 is 1.53 bits per heavy atom. The number of nitrogens with one attached hydrogen (secondary N) is 2. The molecule has 0 unspecified atom stereocenters. The number of nitrogens with zero attached hydrogens (tertiary/aromatic N) is 2. The van der Waals surface area contributed by atoms with Gasteiger partial charge in [-0.2, -0.15) is 0 Å². The molecule has 0 atom stereocenters. The van der Waals surface area contributed by atoms with E-state index < -0.39 is 5.97 Å². The summed E-state index contributed by atoms with van der Waals surface area (Å²) in [5.74, 6) is 0.540. The van der Waals surface area contributed by atoms with E-state index in [2.05, 4.69) is 20.6 Å². The summed E-state index contributed by atoms with van der Waals surface area (Å²) in [5.41, 5.74) is 3.86. The lowest BCUT2D eigenvalue weighted by atomic mass is 10.1. The van der Waals surface area contributed by atoms with Crippen molar-refractivity contribution in [3.05, 3.63) is 102 Å². The number of aromatic nitrogens is 2. The fourth-order valence-corrected chi connectivity index (χ4v) is 3.42. The Morgan fingerprint density at radius 1 is 0.824 bits per heavy atom. The summed E-state index contributed by atoms with van der Waals surface area (Å²) < 4.78 is 5.02. The Bertz CT molecular complexity index is 1320. The predicted octanol–water partition coefficient (Wildman–Crippen LogP) is 5.62. The van der Waals surface area contributed by atoms with E-state index in [4.69, 9.17) is 4.74 Å². The van der Waals surface area contributed by atoms with E-state index in [0.717, 1.165) is 11.3 Å². The summed E-state index contributed by atoms with van der Waals surface area (Å²) in [4.78, 5) is 33.8. The van der Waals surface area contributed by atoms with Crippen LogP contribution in [0.15, 0.2) is 84.9 Å². The molecule has 2 N–H and O–H groups in total. The summed E-state index contributed by atoms with van der Waals surface area (Å²) >= 11 is 0. The van der Waals surface area contributed by atoms with Gasteiger partial charge in [-0.15, -0.1) is 0 Å². The molecule has 0 saturated carbocycles. The molecular weight excluding hydrogens is 428 g/mol. The molecule has 0 saturated heterocycles. The van der Waals surface area contributed by atoms with Crippen molar-refractivity contribution in [1.29, 1.82) is 0 Å². The summed E-state index contributed by atoms with van der Waals surface area (Å²) in [6.45, 7) is 3.87. The van der Waals surface area contributed by atoms with Gasteiger partial charge in [0, 0.05) is 28.6 Å². The van der Waals surface area contributed by atoms with Gasteiger partial charge in [-0.1, -0.05) is 42.5 Å². The number of esters is 1. The van der Waals surface area contributed by atoms with Crippen molar-refractivity contribution < 1.29 is 14.3 Å². The average Bonchev–Trinajstić information content (AvgIpc) is 2.85. The number of anilines is 3. The molecule has 0 aliphatic rings. The van der Waals surface area contributed by atoms with Crippen molar-refractivity contribution in [3.8, 4) is 11.3 Å². The van der Waals surface area contributed by atoms with Gasteiger partial charge in [-0.05, 0) is 50.2 Å².